The van der Waals surface area contributed by atoms with Gasteiger partial charge in [-0.1, -0.05) is 18.2 Å². The van der Waals surface area contributed by atoms with Crippen molar-refractivity contribution in [1.82, 2.24) is 10.3 Å². The van der Waals surface area contributed by atoms with Gasteiger partial charge in [0, 0.05) is 36.8 Å². The second-order valence-electron chi connectivity index (χ2n) is 9.37. The van der Waals surface area contributed by atoms with E-state index in [9.17, 15) is 14.9 Å². The SMILES string of the molecule is Cc1ccc2oc(Cc3ccc(NC(=S)NC(=O)c4ccc(N5CCCCC5)c([N+](=O)[O-])c4)cc3)nc2c1. The maximum absolute atomic E-state index is 12.8. The van der Waals surface area contributed by atoms with Crippen LogP contribution in [-0.2, 0) is 6.42 Å². The minimum atomic E-state index is -0.515. The number of thiocarbonyl (C=S) groups is 1. The van der Waals surface area contributed by atoms with E-state index in [2.05, 4.69) is 15.6 Å². The quantitative estimate of drug-likeness (QED) is 0.184. The summed E-state index contributed by atoms with van der Waals surface area (Å²) in [7, 11) is 0. The number of nitro benzene ring substituents is 1. The van der Waals surface area contributed by atoms with E-state index >= 15 is 0 Å². The lowest BCUT2D eigenvalue weighted by atomic mass is 10.1. The number of hydrogen-bond donors (Lipinski definition) is 2. The molecule has 0 aliphatic carbocycles. The molecule has 38 heavy (non-hydrogen) atoms. The first-order valence-electron chi connectivity index (χ1n) is 12.5. The highest BCUT2D eigenvalue weighted by molar-refractivity contribution is 7.80. The van der Waals surface area contributed by atoms with Crippen LogP contribution in [0.15, 0.2) is 65.1 Å². The molecule has 0 unspecified atom stereocenters. The number of nitro groups is 1. The molecule has 2 heterocycles. The molecule has 1 amide bonds. The number of hydrogen-bond acceptors (Lipinski definition) is 7. The number of anilines is 2. The van der Waals surface area contributed by atoms with Crippen LogP contribution in [0.1, 0.15) is 46.6 Å². The molecule has 0 atom stereocenters. The third kappa shape index (κ3) is 5.81. The van der Waals surface area contributed by atoms with Gasteiger partial charge in [0.15, 0.2) is 16.6 Å². The fourth-order valence-corrected chi connectivity index (χ4v) is 4.80. The molecule has 1 saturated heterocycles. The molecule has 1 aliphatic heterocycles. The molecule has 5 rings (SSSR count). The second kappa shape index (κ2) is 11.0. The van der Waals surface area contributed by atoms with Crippen molar-refractivity contribution in [2.75, 3.05) is 23.3 Å². The van der Waals surface area contributed by atoms with E-state index in [0.29, 0.717) is 23.7 Å². The standard InChI is InChI=1S/C28H27N5O4S/c1-18-5-12-25-22(15-18)30-26(37-25)16-19-6-9-21(10-7-19)29-28(38)31-27(34)20-8-11-23(24(17-20)33(35)36)32-13-3-2-4-14-32/h5-12,15,17H,2-4,13-14,16H2,1H3,(H2,29,31,34,38). The van der Waals surface area contributed by atoms with Crippen LogP contribution in [0, 0.1) is 17.0 Å². The maximum Gasteiger partial charge on any atom is 0.293 e. The summed E-state index contributed by atoms with van der Waals surface area (Å²) in [6, 6.07) is 18.0. The van der Waals surface area contributed by atoms with E-state index in [1.165, 1.54) is 6.07 Å². The largest absolute Gasteiger partial charge is 0.440 e. The molecular formula is C28H27N5O4S. The smallest absolute Gasteiger partial charge is 0.293 e. The van der Waals surface area contributed by atoms with E-state index < -0.39 is 10.8 Å². The van der Waals surface area contributed by atoms with Gasteiger partial charge in [-0.15, -0.1) is 0 Å². The number of carbonyl (C=O) groups excluding carboxylic acids is 1. The van der Waals surface area contributed by atoms with Crippen LogP contribution in [0.3, 0.4) is 0 Å². The Morgan fingerprint density at radius 3 is 2.58 bits per heavy atom. The molecule has 194 valence electrons. The lowest BCUT2D eigenvalue weighted by molar-refractivity contribution is -0.384. The number of rotatable bonds is 6. The summed E-state index contributed by atoms with van der Waals surface area (Å²) in [6.45, 7) is 3.56. The summed E-state index contributed by atoms with van der Waals surface area (Å²) in [5.74, 6) is 0.119. The minimum Gasteiger partial charge on any atom is -0.440 e. The molecule has 1 aromatic heterocycles. The van der Waals surface area contributed by atoms with Gasteiger partial charge in [0.1, 0.15) is 11.2 Å². The van der Waals surface area contributed by atoms with Crippen LogP contribution in [0.4, 0.5) is 17.1 Å². The van der Waals surface area contributed by atoms with Crippen LogP contribution in [0.25, 0.3) is 11.1 Å². The fraction of sp³-hybridized carbons (Fsp3) is 0.250. The van der Waals surface area contributed by atoms with Crippen molar-refractivity contribution in [3.05, 3.63) is 93.4 Å². The third-order valence-electron chi connectivity index (χ3n) is 6.51. The van der Waals surface area contributed by atoms with E-state index in [4.69, 9.17) is 16.6 Å². The van der Waals surface area contributed by atoms with Gasteiger partial charge in [0.25, 0.3) is 11.6 Å². The van der Waals surface area contributed by atoms with Gasteiger partial charge in [-0.3, -0.25) is 20.2 Å². The van der Waals surface area contributed by atoms with E-state index in [1.807, 2.05) is 54.3 Å². The minimum absolute atomic E-state index is 0.0805. The summed E-state index contributed by atoms with van der Waals surface area (Å²) in [5, 5.41) is 17.4. The van der Waals surface area contributed by atoms with Crippen molar-refractivity contribution in [3.63, 3.8) is 0 Å². The average Bonchev–Trinajstić information content (AvgIpc) is 3.31. The molecule has 1 aliphatic rings. The number of aromatic nitrogens is 1. The van der Waals surface area contributed by atoms with Gasteiger partial charge >= 0.3 is 0 Å². The summed E-state index contributed by atoms with van der Waals surface area (Å²) in [6.07, 6.45) is 3.66. The topological polar surface area (TPSA) is 114 Å². The molecule has 3 aromatic carbocycles. The lowest BCUT2D eigenvalue weighted by Crippen LogP contribution is -2.34. The molecule has 9 nitrogen and oxygen atoms in total. The number of amides is 1. The Morgan fingerprint density at radius 2 is 1.84 bits per heavy atom. The highest BCUT2D eigenvalue weighted by Gasteiger charge is 2.23. The predicted molar refractivity (Wildman–Crippen MR) is 151 cm³/mol. The zero-order valence-electron chi connectivity index (χ0n) is 20.9. The monoisotopic (exact) mass is 529 g/mol. The second-order valence-corrected chi connectivity index (χ2v) is 9.78. The Balaban J connectivity index is 1.20. The van der Waals surface area contributed by atoms with Gasteiger partial charge in [-0.2, -0.15) is 0 Å². The normalized spacial score (nSPS) is 13.3. The predicted octanol–water partition coefficient (Wildman–Crippen LogP) is 5.75. The summed E-state index contributed by atoms with van der Waals surface area (Å²) in [5.41, 5.74) is 5.06. The Labute approximate surface area is 225 Å². The first kappa shape index (κ1) is 25.3. The molecular weight excluding hydrogens is 502 g/mol. The van der Waals surface area contributed by atoms with Crippen LogP contribution >= 0.6 is 12.2 Å². The van der Waals surface area contributed by atoms with Gasteiger partial charge in [0.05, 0.1) is 4.92 Å². The number of piperidine rings is 1. The van der Waals surface area contributed by atoms with E-state index in [0.717, 1.165) is 54.6 Å². The molecule has 1 fully saturated rings. The van der Waals surface area contributed by atoms with Crippen molar-refractivity contribution in [2.45, 2.75) is 32.6 Å². The summed E-state index contributed by atoms with van der Waals surface area (Å²) in [4.78, 5) is 30.6. The first-order valence-corrected chi connectivity index (χ1v) is 12.9. The van der Waals surface area contributed by atoms with Crippen LogP contribution < -0.4 is 15.5 Å². The third-order valence-corrected chi connectivity index (χ3v) is 6.72. The summed E-state index contributed by atoms with van der Waals surface area (Å²) >= 11 is 5.30. The molecule has 10 heteroatoms. The molecule has 0 spiro atoms. The summed E-state index contributed by atoms with van der Waals surface area (Å²) < 4.78 is 5.83. The number of oxazole rings is 1. The first-order chi connectivity index (χ1) is 18.4. The number of aryl methyl sites for hydroxylation is 1. The van der Waals surface area contributed by atoms with Crippen molar-refractivity contribution in [1.29, 1.82) is 0 Å². The van der Waals surface area contributed by atoms with Gasteiger partial charge in [0.2, 0.25) is 0 Å². The van der Waals surface area contributed by atoms with Gasteiger partial charge < -0.3 is 14.6 Å². The molecule has 4 aromatic rings. The lowest BCUT2D eigenvalue weighted by Gasteiger charge is -2.28. The van der Waals surface area contributed by atoms with Crippen LogP contribution in [0.2, 0.25) is 0 Å². The fourth-order valence-electron chi connectivity index (χ4n) is 4.59. The number of carbonyl (C=O) groups is 1. The Morgan fingerprint density at radius 1 is 1.08 bits per heavy atom. The Hall–Kier alpha value is -4.31. The zero-order valence-corrected chi connectivity index (χ0v) is 21.7. The Bertz CT molecular complexity index is 1510. The molecule has 0 saturated carbocycles. The number of nitrogens with zero attached hydrogens (tertiary/aromatic N) is 3. The van der Waals surface area contributed by atoms with Crippen molar-refractivity contribution in [3.8, 4) is 0 Å². The van der Waals surface area contributed by atoms with E-state index in [-0.39, 0.29) is 16.4 Å². The number of nitrogens with one attached hydrogen (secondary N) is 2. The zero-order chi connectivity index (χ0) is 26.6. The Kier molecular flexibility index (Phi) is 7.32. The number of benzene rings is 3. The molecule has 0 radical (unpaired) electrons. The highest BCUT2D eigenvalue weighted by Crippen LogP contribution is 2.31. The molecule has 2 N–H and O–H groups in total. The highest BCUT2D eigenvalue weighted by atomic mass is 32.1. The van der Waals surface area contributed by atoms with Crippen molar-refractivity contribution < 1.29 is 14.1 Å². The van der Waals surface area contributed by atoms with Gasteiger partial charge in [-0.05, 0) is 85.9 Å². The van der Waals surface area contributed by atoms with Crippen molar-refractivity contribution >= 4 is 51.4 Å². The van der Waals surface area contributed by atoms with Gasteiger partial charge in [-0.25, -0.2) is 4.98 Å². The van der Waals surface area contributed by atoms with Crippen LogP contribution in [0.5, 0.6) is 0 Å². The maximum atomic E-state index is 12.8. The van der Waals surface area contributed by atoms with Crippen molar-refractivity contribution in [2.24, 2.45) is 0 Å². The average molecular weight is 530 g/mol. The molecule has 0 bridgehead atoms. The van der Waals surface area contributed by atoms with E-state index in [1.54, 1.807) is 12.1 Å². The van der Waals surface area contributed by atoms with Crippen LogP contribution in [-0.4, -0.2) is 34.0 Å². The number of fused-ring (bicyclic) bond motifs is 1.